The molecule has 0 rings (SSSR count). The van der Waals surface area contributed by atoms with Crippen molar-refractivity contribution >= 4 is 20.7 Å². The zero-order valence-electron chi connectivity index (χ0n) is 9.63. The summed E-state index contributed by atoms with van der Waals surface area (Å²) in [7, 11) is -1.72. The van der Waals surface area contributed by atoms with Gasteiger partial charge in [0.15, 0.2) is 0 Å². The van der Waals surface area contributed by atoms with E-state index in [1.807, 2.05) is 0 Å². The second kappa shape index (κ2) is 6.01. The first-order chi connectivity index (χ1) is 5.39. The Morgan fingerprint density at radius 3 is 1.08 bits per heavy atom. The number of nitrogens with two attached hydrogens (primary N) is 1. The van der Waals surface area contributed by atoms with Crippen molar-refractivity contribution < 1.29 is 4.53 Å². The van der Waals surface area contributed by atoms with Gasteiger partial charge in [0, 0.05) is 0 Å². The average molecular weight is 226 g/mol. The Bertz CT molecular complexity index is 118. The Balaban J connectivity index is 0. The fraction of sp³-hybridized carbons (Fsp3) is 1.00. The molecule has 13 heavy (non-hydrogen) atoms. The quantitative estimate of drug-likeness (QED) is 0.588. The van der Waals surface area contributed by atoms with Crippen LogP contribution in [0, 0.1) is 0 Å². The molecule has 4 heteroatoms. The van der Waals surface area contributed by atoms with Crippen LogP contribution < -0.4 is 5.90 Å². The van der Waals surface area contributed by atoms with Crippen LogP contribution in [0.2, 0.25) is 16.6 Å². The van der Waals surface area contributed by atoms with E-state index in [-0.39, 0.29) is 12.4 Å². The van der Waals surface area contributed by atoms with Gasteiger partial charge in [-0.05, 0) is 16.6 Å². The van der Waals surface area contributed by atoms with Crippen LogP contribution in [0.5, 0.6) is 0 Å². The monoisotopic (exact) mass is 225 g/mol. The highest BCUT2D eigenvalue weighted by Crippen LogP contribution is 2.40. The minimum Gasteiger partial charge on any atom is -0.347 e. The molecular weight excluding hydrogens is 202 g/mol. The topological polar surface area (TPSA) is 35.2 Å². The summed E-state index contributed by atoms with van der Waals surface area (Å²) in [6.45, 7) is 13.3. The zero-order valence-corrected chi connectivity index (χ0v) is 11.4. The number of hydrogen-bond donors (Lipinski definition) is 1. The van der Waals surface area contributed by atoms with Crippen molar-refractivity contribution in [3.8, 4) is 0 Å². The second-order valence-electron chi connectivity index (χ2n) is 4.44. The average Bonchev–Trinajstić information content (AvgIpc) is 1.86. The molecule has 0 aliphatic rings. The molecule has 0 aromatic carbocycles. The predicted molar refractivity (Wildman–Crippen MR) is 63.6 cm³/mol. The molecule has 0 aromatic heterocycles. The molecule has 2 N–H and O–H groups in total. The summed E-state index contributed by atoms with van der Waals surface area (Å²) in [5.74, 6) is 5.47. The van der Waals surface area contributed by atoms with Gasteiger partial charge in [-0.25, -0.2) is 5.90 Å². The van der Waals surface area contributed by atoms with Gasteiger partial charge in [0.25, 0.3) is 0 Å². The lowest BCUT2D eigenvalue weighted by molar-refractivity contribution is 0.290. The first-order valence-electron chi connectivity index (χ1n) is 4.77. The molecule has 0 saturated carbocycles. The maximum Gasteiger partial charge on any atom is 0.227 e. The Morgan fingerprint density at radius 2 is 1.08 bits per heavy atom. The van der Waals surface area contributed by atoms with Gasteiger partial charge >= 0.3 is 0 Å². The Morgan fingerprint density at radius 1 is 0.846 bits per heavy atom. The van der Waals surface area contributed by atoms with Crippen molar-refractivity contribution in [1.82, 2.24) is 0 Å². The lowest BCUT2D eigenvalue weighted by Gasteiger charge is -2.39. The van der Waals surface area contributed by atoms with Crippen LogP contribution in [0.1, 0.15) is 41.5 Å². The molecule has 0 atom stereocenters. The van der Waals surface area contributed by atoms with Crippen molar-refractivity contribution in [2.24, 2.45) is 5.90 Å². The summed E-state index contributed by atoms with van der Waals surface area (Å²) in [5, 5.41) is 0. The van der Waals surface area contributed by atoms with Crippen molar-refractivity contribution in [2.75, 3.05) is 0 Å². The van der Waals surface area contributed by atoms with Crippen LogP contribution in [0.25, 0.3) is 0 Å². The smallest absolute Gasteiger partial charge is 0.227 e. The van der Waals surface area contributed by atoms with Gasteiger partial charge in [0.05, 0.1) is 0 Å². The molecular formula is C9H24ClNOSi. The van der Waals surface area contributed by atoms with Crippen molar-refractivity contribution in [1.29, 1.82) is 0 Å². The first-order valence-corrected chi connectivity index (χ1v) is 6.91. The summed E-state index contributed by atoms with van der Waals surface area (Å²) in [5.41, 5.74) is 1.76. The third-order valence-electron chi connectivity index (χ3n) is 2.91. The van der Waals surface area contributed by atoms with Crippen LogP contribution in [-0.2, 0) is 4.53 Å². The third-order valence-corrected chi connectivity index (χ3v) is 8.73. The molecule has 0 aliphatic heterocycles. The first kappa shape index (κ1) is 15.9. The SMILES string of the molecule is CC(C)[Si](ON)(C(C)C)C(C)C.Cl. The van der Waals surface area contributed by atoms with Gasteiger partial charge < -0.3 is 4.53 Å². The number of halogens is 1. The molecule has 0 amide bonds. The molecule has 0 saturated heterocycles. The largest absolute Gasteiger partial charge is 0.347 e. The third kappa shape index (κ3) is 2.94. The van der Waals surface area contributed by atoms with E-state index >= 15 is 0 Å². The highest BCUT2D eigenvalue weighted by molar-refractivity contribution is 6.77. The molecule has 0 radical (unpaired) electrons. The summed E-state index contributed by atoms with van der Waals surface area (Å²) >= 11 is 0. The van der Waals surface area contributed by atoms with Gasteiger partial charge in [0.2, 0.25) is 8.32 Å². The Hall–Kier alpha value is 0.427. The molecule has 0 fully saturated rings. The van der Waals surface area contributed by atoms with Gasteiger partial charge in [-0.1, -0.05) is 41.5 Å². The van der Waals surface area contributed by atoms with Crippen LogP contribution in [0.3, 0.4) is 0 Å². The zero-order chi connectivity index (χ0) is 9.94. The fourth-order valence-electron chi connectivity index (χ4n) is 2.41. The van der Waals surface area contributed by atoms with Crippen molar-refractivity contribution in [2.45, 2.75) is 58.2 Å². The van der Waals surface area contributed by atoms with Crippen LogP contribution in [0.15, 0.2) is 0 Å². The van der Waals surface area contributed by atoms with E-state index in [2.05, 4.69) is 41.5 Å². The van der Waals surface area contributed by atoms with E-state index in [1.165, 1.54) is 0 Å². The van der Waals surface area contributed by atoms with Crippen molar-refractivity contribution in [3.63, 3.8) is 0 Å². The number of hydrogen-bond acceptors (Lipinski definition) is 2. The molecule has 0 unspecified atom stereocenters. The predicted octanol–water partition coefficient (Wildman–Crippen LogP) is 3.47. The maximum atomic E-state index is 5.47. The Labute approximate surface area is 89.7 Å². The molecule has 0 spiro atoms. The lowest BCUT2D eigenvalue weighted by atomic mass is 10.5. The maximum absolute atomic E-state index is 5.47. The molecule has 0 bridgehead atoms. The van der Waals surface area contributed by atoms with E-state index in [1.54, 1.807) is 0 Å². The highest BCUT2D eigenvalue weighted by Gasteiger charge is 2.45. The molecule has 2 nitrogen and oxygen atoms in total. The minimum absolute atomic E-state index is 0. The summed E-state index contributed by atoms with van der Waals surface area (Å²) in [6, 6.07) is 0. The standard InChI is InChI=1S/C9H23NOSi.ClH/c1-7(2)12(11-10,8(3)4)9(5)6;/h7-9H,10H2,1-6H3;1H. The van der Waals surface area contributed by atoms with Gasteiger partial charge in [-0.15, -0.1) is 12.4 Å². The van der Waals surface area contributed by atoms with Crippen LogP contribution in [0.4, 0.5) is 0 Å². The van der Waals surface area contributed by atoms with Crippen molar-refractivity contribution in [3.05, 3.63) is 0 Å². The normalized spacial score (nSPS) is 12.5. The van der Waals surface area contributed by atoms with Gasteiger partial charge in [0.1, 0.15) is 0 Å². The minimum atomic E-state index is -1.72. The van der Waals surface area contributed by atoms with Crippen LogP contribution >= 0.6 is 12.4 Å². The van der Waals surface area contributed by atoms with Crippen LogP contribution in [-0.4, -0.2) is 8.32 Å². The molecule has 0 aromatic rings. The Kier molecular flexibility index (Phi) is 7.35. The van der Waals surface area contributed by atoms with Gasteiger partial charge in [-0.3, -0.25) is 0 Å². The lowest BCUT2D eigenvalue weighted by Crippen LogP contribution is -2.49. The highest BCUT2D eigenvalue weighted by atomic mass is 35.5. The summed E-state index contributed by atoms with van der Waals surface area (Å²) in [6.07, 6.45) is 0. The van der Waals surface area contributed by atoms with E-state index in [9.17, 15) is 0 Å². The van der Waals surface area contributed by atoms with E-state index in [0.29, 0.717) is 16.6 Å². The molecule has 82 valence electrons. The van der Waals surface area contributed by atoms with E-state index in [0.717, 1.165) is 0 Å². The van der Waals surface area contributed by atoms with E-state index in [4.69, 9.17) is 10.4 Å². The van der Waals surface area contributed by atoms with E-state index < -0.39 is 8.32 Å². The number of rotatable bonds is 4. The molecule has 0 heterocycles. The second-order valence-corrected chi connectivity index (χ2v) is 9.84. The fourth-order valence-corrected chi connectivity index (χ4v) is 7.22. The summed E-state index contributed by atoms with van der Waals surface area (Å²) in [4.78, 5) is 0. The summed E-state index contributed by atoms with van der Waals surface area (Å²) < 4.78 is 5.36. The molecule has 0 aliphatic carbocycles. The van der Waals surface area contributed by atoms with Gasteiger partial charge in [-0.2, -0.15) is 0 Å².